The summed E-state index contributed by atoms with van der Waals surface area (Å²) in [6.07, 6.45) is 5.38. The van der Waals surface area contributed by atoms with Crippen LogP contribution in [0.2, 0.25) is 0 Å². The third-order valence-electron chi connectivity index (χ3n) is 3.01. The Morgan fingerprint density at radius 1 is 1.38 bits per heavy atom. The summed E-state index contributed by atoms with van der Waals surface area (Å²) in [4.78, 5) is 10.3. The van der Waals surface area contributed by atoms with Crippen molar-refractivity contribution in [2.45, 2.75) is 50.7 Å². The van der Waals surface area contributed by atoms with E-state index in [-0.39, 0.29) is 24.6 Å². The molecule has 0 aromatic heterocycles. The number of hydrazine groups is 1. The van der Waals surface area contributed by atoms with Gasteiger partial charge in [-0.1, -0.05) is 0 Å². The summed E-state index contributed by atoms with van der Waals surface area (Å²) in [6.45, 7) is 2.68. The lowest BCUT2D eigenvalue weighted by molar-refractivity contribution is -0.315. The van der Waals surface area contributed by atoms with Gasteiger partial charge < -0.3 is 5.11 Å². The Hall–Kier alpha value is 0.0900. The molecule has 2 fully saturated rings. The summed E-state index contributed by atoms with van der Waals surface area (Å²) in [5.74, 6) is 5.37. The summed E-state index contributed by atoms with van der Waals surface area (Å²) >= 11 is 0. The zero-order valence-corrected chi connectivity index (χ0v) is 10.6. The summed E-state index contributed by atoms with van der Waals surface area (Å²) in [5, 5.41) is 7.57. The van der Waals surface area contributed by atoms with Crippen LogP contribution in [0, 0.1) is 0 Å². The Morgan fingerprint density at radius 3 is 2.31 bits per heavy atom. The predicted molar refractivity (Wildman–Crippen MR) is 64.0 cm³/mol. The molecule has 0 radical (unpaired) electrons. The maximum atomic E-state index is 7.57. The van der Waals surface area contributed by atoms with Gasteiger partial charge in [-0.15, -0.1) is 12.4 Å². The molecule has 4 N–H and O–H groups in total. The van der Waals surface area contributed by atoms with Crippen LogP contribution >= 0.6 is 12.4 Å². The van der Waals surface area contributed by atoms with Gasteiger partial charge in [-0.3, -0.25) is 11.3 Å². The fourth-order valence-corrected chi connectivity index (χ4v) is 2.08. The van der Waals surface area contributed by atoms with Crippen molar-refractivity contribution in [2.75, 3.05) is 13.2 Å². The molecule has 16 heavy (non-hydrogen) atoms. The van der Waals surface area contributed by atoms with Gasteiger partial charge in [-0.2, -0.15) is 0 Å². The van der Waals surface area contributed by atoms with Crippen molar-refractivity contribution in [3.8, 4) is 0 Å². The van der Waals surface area contributed by atoms with Gasteiger partial charge >= 0.3 is 0 Å². The van der Waals surface area contributed by atoms with Crippen LogP contribution in [0.3, 0.4) is 0 Å². The highest BCUT2D eigenvalue weighted by molar-refractivity contribution is 5.85. The van der Waals surface area contributed by atoms with Crippen molar-refractivity contribution in [3.05, 3.63) is 0 Å². The molecule has 1 aliphatic carbocycles. The first-order chi connectivity index (χ1) is 7.26. The Bertz CT molecular complexity index is 167. The van der Waals surface area contributed by atoms with Crippen LogP contribution in [0.25, 0.3) is 0 Å². The number of nitrogens with two attached hydrogens (primary N) is 1. The Balaban J connectivity index is 0.000000511. The number of hydrogen-bond acceptors (Lipinski definition) is 5. The lowest BCUT2D eigenvalue weighted by atomic mass is 9.81. The van der Waals surface area contributed by atoms with E-state index in [1.54, 1.807) is 6.92 Å². The second kappa shape index (κ2) is 8.22. The molecule has 0 aromatic rings. The van der Waals surface area contributed by atoms with Crippen LogP contribution in [-0.4, -0.2) is 30.0 Å². The molecular formula is C10H23ClN2O3. The number of aliphatic hydroxyl groups is 1. The van der Waals surface area contributed by atoms with Crippen LogP contribution in [0.4, 0.5) is 0 Å². The number of rotatable bonds is 1. The van der Waals surface area contributed by atoms with Gasteiger partial charge in [-0.25, -0.2) is 9.78 Å². The molecule has 0 aromatic carbocycles. The highest BCUT2D eigenvalue weighted by Crippen LogP contribution is 2.37. The smallest absolute Gasteiger partial charge is 0.106 e. The summed E-state index contributed by atoms with van der Waals surface area (Å²) in [5.41, 5.74) is 2.85. The molecule has 1 saturated heterocycles. The summed E-state index contributed by atoms with van der Waals surface area (Å²) in [7, 11) is 0. The van der Waals surface area contributed by atoms with E-state index in [9.17, 15) is 0 Å². The fourth-order valence-electron chi connectivity index (χ4n) is 2.08. The van der Waals surface area contributed by atoms with Gasteiger partial charge in [-0.05, 0) is 32.6 Å². The minimum absolute atomic E-state index is 0. The molecule has 2 rings (SSSR count). The molecule has 0 bridgehead atoms. The molecule has 5 nitrogen and oxygen atoms in total. The monoisotopic (exact) mass is 254 g/mol. The van der Waals surface area contributed by atoms with E-state index >= 15 is 0 Å². The number of nitrogens with one attached hydrogen (secondary N) is 1. The van der Waals surface area contributed by atoms with Crippen molar-refractivity contribution in [1.82, 2.24) is 5.43 Å². The third kappa shape index (κ3) is 4.53. The minimum atomic E-state index is 0. The Morgan fingerprint density at radius 2 is 1.94 bits per heavy atom. The molecular weight excluding hydrogens is 232 g/mol. The third-order valence-corrected chi connectivity index (χ3v) is 3.01. The largest absolute Gasteiger partial charge is 0.397 e. The molecule has 1 saturated carbocycles. The van der Waals surface area contributed by atoms with Crippen molar-refractivity contribution in [3.63, 3.8) is 0 Å². The van der Waals surface area contributed by atoms with Crippen molar-refractivity contribution in [2.24, 2.45) is 5.84 Å². The minimum Gasteiger partial charge on any atom is -0.397 e. The van der Waals surface area contributed by atoms with Crippen LogP contribution in [0.1, 0.15) is 39.0 Å². The quantitative estimate of drug-likeness (QED) is 0.368. The van der Waals surface area contributed by atoms with Crippen LogP contribution < -0.4 is 11.3 Å². The van der Waals surface area contributed by atoms with Crippen molar-refractivity contribution < 1.29 is 14.9 Å². The Labute approximate surface area is 103 Å². The molecule has 0 amide bonds. The van der Waals surface area contributed by atoms with E-state index in [1.807, 2.05) is 0 Å². The van der Waals surface area contributed by atoms with E-state index in [1.165, 1.54) is 0 Å². The van der Waals surface area contributed by atoms with Gasteiger partial charge in [0.1, 0.15) is 5.60 Å². The molecule has 1 aliphatic heterocycles. The number of hydrogen-bond donors (Lipinski definition) is 3. The fraction of sp³-hybridized carbons (Fsp3) is 1.00. The average molecular weight is 255 g/mol. The first kappa shape index (κ1) is 16.1. The van der Waals surface area contributed by atoms with Gasteiger partial charge in [0.2, 0.25) is 0 Å². The number of halogens is 1. The van der Waals surface area contributed by atoms with Gasteiger partial charge in [0.25, 0.3) is 0 Å². The number of aliphatic hydroxyl groups excluding tert-OH is 1. The maximum Gasteiger partial charge on any atom is 0.106 e. The van der Waals surface area contributed by atoms with Crippen LogP contribution in [0.15, 0.2) is 0 Å². The van der Waals surface area contributed by atoms with Gasteiger partial charge in [0.15, 0.2) is 0 Å². The normalized spacial score (nSPS) is 32.8. The molecule has 1 heterocycles. The SMILES string of the molecule is CCO.Cl.NNC1CCC2(CCOO2)CC1. The standard InChI is InChI=1S/C8H16N2O2.C2H6O.ClH/c9-10-7-1-3-8(4-2-7)5-6-11-12-8;1-2-3;/h7,10H,1-6,9H2;3H,2H2,1H3;1H. The highest BCUT2D eigenvalue weighted by atomic mass is 35.5. The van der Waals surface area contributed by atoms with Crippen molar-refractivity contribution in [1.29, 1.82) is 0 Å². The molecule has 0 unspecified atom stereocenters. The first-order valence-electron chi connectivity index (χ1n) is 5.64. The van der Waals surface area contributed by atoms with E-state index in [2.05, 4.69) is 5.43 Å². The van der Waals surface area contributed by atoms with Crippen LogP contribution in [-0.2, 0) is 9.78 Å². The topological polar surface area (TPSA) is 76.7 Å². The molecule has 6 heteroatoms. The average Bonchev–Trinajstić information content (AvgIpc) is 2.69. The zero-order chi connectivity index (χ0) is 11.1. The van der Waals surface area contributed by atoms with E-state index < -0.39 is 0 Å². The van der Waals surface area contributed by atoms with Gasteiger partial charge in [0.05, 0.1) is 6.61 Å². The maximum absolute atomic E-state index is 7.57. The van der Waals surface area contributed by atoms with Crippen LogP contribution in [0.5, 0.6) is 0 Å². The van der Waals surface area contributed by atoms with E-state index in [0.717, 1.165) is 38.7 Å². The van der Waals surface area contributed by atoms with E-state index in [0.29, 0.717) is 6.04 Å². The molecule has 1 spiro atoms. The van der Waals surface area contributed by atoms with Crippen molar-refractivity contribution >= 4 is 12.4 Å². The predicted octanol–water partition coefficient (Wildman–Crippen LogP) is 0.903. The zero-order valence-electron chi connectivity index (χ0n) is 9.78. The lowest BCUT2D eigenvalue weighted by Crippen LogP contribution is -2.43. The second-order valence-electron chi connectivity index (χ2n) is 4.10. The first-order valence-corrected chi connectivity index (χ1v) is 5.64. The summed E-state index contributed by atoms with van der Waals surface area (Å²) < 4.78 is 0. The lowest BCUT2D eigenvalue weighted by Gasteiger charge is -2.33. The molecule has 98 valence electrons. The second-order valence-corrected chi connectivity index (χ2v) is 4.10. The summed E-state index contributed by atoms with van der Waals surface area (Å²) in [6, 6.07) is 0.472. The molecule has 2 aliphatic rings. The highest BCUT2D eigenvalue weighted by Gasteiger charge is 2.40. The van der Waals surface area contributed by atoms with Gasteiger partial charge in [0, 0.05) is 19.1 Å². The van der Waals surface area contributed by atoms with E-state index in [4.69, 9.17) is 20.7 Å². The Kier molecular flexibility index (Phi) is 8.27. The molecule has 0 atom stereocenters.